The van der Waals surface area contributed by atoms with E-state index in [1.54, 1.807) is 7.11 Å². The lowest BCUT2D eigenvalue weighted by molar-refractivity contribution is 0.412. The largest absolute Gasteiger partial charge is 0.496 e. The Morgan fingerprint density at radius 3 is 2.75 bits per heavy atom. The minimum absolute atomic E-state index is 0.682. The van der Waals surface area contributed by atoms with E-state index in [9.17, 15) is 0 Å². The van der Waals surface area contributed by atoms with E-state index in [0.717, 1.165) is 35.8 Å². The minimum atomic E-state index is 0.682. The second-order valence-electron chi connectivity index (χ2n) is 4.83. The van der Waals surface area contributed by atoms with Crippen molar-refractivity contribution in [2.45, 2.75) is 26.3 Å². The van der Waals surface area contributed by atoms with Gasteiger partial charge in [0.25, 0.3) is 0 Å². The molecule has 1 aromatic rings. The molecular weight excluding hydrogens is 318 g/mol. The van der Waals surface area contributed by atoms with Gasteiger partial charge in [0.2, 0.25) is 0 Å². The fourth-order valence-corrected chi connectivity index (χ4v) is 2.92. The van der Waals surface area contributed by atoms with Gasteiger partial charge in [0, 0.05) is 19.6 Å². The van der Waals surface area contributed by atoms with Crippen LogP contribution in [0.1, 0.15) is 25.3 Å². The number of likely N-dealkylation sites (tertiary alicyclic amines) is 1. The van der Waals surface area contributed by atoms with Crippen LogP contribution in [0.3, 0.4) is 0 Å². The van der Waals surface area contributed by atoms with Crippen LogP contribution in [-0.2, 0) is 6.54 Å². The first-order valence-corrected chi connectivity index (χ1v) is 7.89. The third kappa shape index (κ3) is 3.88. The lowest BCUT2D eigenvalue weighted by Gasteiger charge is -2.20. The maximum absolute atomic E-state index is 5.24. The van der Waals surface area contributed by atoms with Crippen LogP contribution in [0.25, 0.3) is 0 Å². The first-order chi connectivity index (χ1) is 9.74. The van der Waals surface area contributed by atoms with Crippen LogP contribution in [0.4, 0.5) is 0 Å². The molecule has 110 valence electrons. The number of halogens is 1. The summed E-state index contributed by atoms with van der Waals surface area (Å²) in [6.07, 6.45) is 2.52. The van der Waals surface area contributed by atoms with Crippen LogP contribution in [0.5, 0.6) is 5.75 Å². The zero-order chi connectivity index (χ0) is 14.4. The number of guanidine groups is 1. The summed E-state index contributed by atoms with van der Waals surface area (Å²) in [4.78, 5) is 7.07. The van der Waals surface area contributed by atoms with E-state index < -0.39 is 0 Å². The molecule has 0 bridgehead atoms. The molecule has 0 atom stereocenters. The molecular formula is C15H22BrN3O. The van der Waals surface area contributed by atoms with Gasteiger partial charge in [-0.2, -0.15) is 0 Å². The Morgan fingerprint density at radius 1 is 1.40 bits per heavy atom. The predicted octanol–water partition coefficient (Wildman–Crippen LogP) is 3.02. The maximum atomic E-state index is 5.24. The lowest BCUT2D eigenvalue weighted by atomic mass is 10.2. The Morgan fingerprint density at radius 2 is 2.15 bits per heavy atom. The van der Waals surface area contributed by atoms with Gasteiger partial charge in [-0.25, -0.2) is 4.99 Å². The van der Waals surface area contributed by atoms with Crippen molar-refractivity contribution >= 4 is 21.9 Å². The molecule has 5 heteroatoms. The van der Waals surface area contributed by atoms with Gasteiger partial charge in [0.1, 0.15) is 5.75 Å². The second kappa shape index (κ2) is 7.53. The first kappa shape index (κ1) is 15.2. The summed E-state index contributed by atoms with van der Waals surface area (Å²) >= 11 is 3.51. The Kier molecular flexibility index (Phi) is 5.71. The van der Waals surface area contributed by atoms with E-state index in [2.05, 4.69) is 45.2 Å². The van der Waals surface area contributed by atoms with Crippen LogP contribution in [0, 0.1) is 0 Å². The van der Waals surface area contributed by atoms with Gasteiger partial charge in [0.05, 0.1) is 18.1 Å². The maximum Gasteiger partial charge on any atom is 0.194 e. The quantitative estimate of drug-likeness (QED) is 0.676. The molecule has 0 saturated carbocycles. The van der Waals surface area contributed by atoms with E-state index in [1.165, 1.54) is 18.4 Å². The fourth-order valence-electron chi connectivity index (χ4n) is 2.33. The molecule has 0 spiro atoms. The van der Waals surface area contributed by atoms with Crippen molar-refractivity contribution in [1.82, 2.24) is 10.2 Å². The number of nitrogens with one attached hydrogen (secondary N) is 1. The van der Waals surface area contributed by atoms with E-state index >= 15 is 0 Å². The molecule has 1 saturated heterocycles. The topological polar surface area (TPSA) is 36.9 Å². The second-order valence-corrected chi connectivity index (χ2v) is 5.69. The van der Waals surface area contributed by atoms with Gasteiger partial charge in [-0.05, 0) is 53.4 Å². The van der Waals surface area contributed by atoms with E-state index in [1.807, 2.05) is 6.07 Å². The Balaban J connectivity index is 2.06. The van der Waals surface area contributed by atoms with Gasteiger partial charge >= 0.3 is 0 Å². The monoisotopic (exact) mass is 339 g/mol. The van der Waals surface area contributed by atoms with Gasteiger partial charge in [-0.15, -0.1) is 0 Å². The number of hydrogen-bond acceptors (Lipinski definition) is 2. The normalized spacial score (nSPS) is 15.6. The smallest absolute Gasteiger partial charge is 0.194 e. The highest BCUT2D eigenvalue weighted by Gasteiger charge is 2.15. The number of ether oxygens (including phenoxy) is 1. The molecule has 1 N–H and O–H groups in total. The summed E-state index contributed by atoms with van der Waals surface area (Å²) in [6.45, 7) is 5.91. The predicted molar refractivity (Wildman–Crippen MR) is 86.3 cm³/mol. The average molecular weight is 340 g/mol. The molecule has 1 aliphatic rings. The third-order valence-corrected chi connectivity index (χ3v) is 3.99. The lowest BCUT2D eigenvalue weighted by Crippen LogP contribution is -2.39. The number of hydrogen-bond donors (Lipinski definition) is 1. The standard InChI is InChI=1S/C15H22BrN3O/c1-3-17-15(19-8-4-5-9-19)18-11-12-6-7-14(20-2)13(16)10-12/h6-7,10H,3-5,8-9,11H2,1-2H3,(H,17,18). The molecule has 1 aliphatic heterocycles. The summed E-state index contributed by atoms with van der Waals surface area (Å²) in [5, 5.41) is 3.37. The van der Waals surface area contributed by atoms with Crippen molar-refractivity contribution in [2.24, 2.45) is 4.99 Å². The summed E-state index contributed by atoms with van der Waals surface area (Å²) in [6, 6.07) is 6.09. The van der Waals surface area contributed by atoms with Crippen LogP contribution in [0.2, 0.25) is 0 Å². The van der Waals surface area contributed by atoms with Crippen LogP contribution in [0.15, 0.2) is 27.7 Å². The van der Waals surface area contributed by atoms with Crippen molar-refractivity contribution < 1.29 is 4.74 Å². The molecule has 1 fully saturated rings. The Labute approximate surface area is 129 Å². The number of methoxy groups -OCH3 is 1. The molecule has 2 rings (SSSR count). The van der Waals surface area contributed by atoms with Crippen molar-refractivity contribution in [3.63, 3.8) is 0 Å². The van der Waals surface area contributed by atoms with Crippen molar-refractivity contribution in [1.29, 1.82) is 0 Å². The minimum Gasteiger partial charge on any atom is -0.496 e. The number of rotatable bonds is 4. The zero-order valence-corrected chi connectivity index (χ0v) is 13.7. The van der Waals surface area contributed by atoms with Crippen LogP contribution < -0.4 is 10.1 Å². The van der Waals surface area contributed by atoms with Crippen molar-refractivity contribution in [3.05, 3.63) is 28.2 Å². The van der Waals surface area contributed by atoms with Gasteiger partial charge in [-0.3, -0.25) is 0 Å². The third-order valence-electron chi connectivity index (χ3n) is 3.37. The molecule has 0 radical (unpaired) electrons. The molecule has 0 aromatic heterocycles. The highest BCUT2D eigenvalue weighted by Crippen LogP contribution is 2.25. The average Bonchev–Trinajstić information content (AvgIpc) is 2.97. The van der Waals surface area contributed by atoms with Gasteiger partial charge in [0.15, 0.2) is 5.96 Å². The Bertz CT molecular complexity index is 470. The number of aliphatic imine (C=N–C) groups is 1. The number of benzene rings is 1. The van der Waals surface area contributed by atoms with Gasteiger partial charge < -0.3 is 15.0 Å². The van der Waals surface area contributed by atoms with Crippen molar-refractivity contribution in [2.75, 3.05) is 26.7 Å². The summed E-state index contributed by atoms with van der Waals surface area (Å²) in [7, 11) is 1.68. The van der Waals surface area contributed by atoms with Crippen LogP contribution in [-0.4, -0.2) is 37.6 Å². The fraction of sp³-hybridized carbons (Fsp3) is 0.533. The number of nitrogens with zero attached hydrogens (tertiary/aromatic N) is 2. The first-order valence-electron chi connectivity index (χ1n) is 7.10. The highest BCUT2D eigenvalue weighted by atomic mass is 79.9. The van der Waals surface area contributed by atoms with Gasteiger partial charge in [-0.1, -0.05) is 6.07 Å². The summed E-state index contributed by atoms with van der Waals surface area (Å²) in [5.74, 6) is 1.88. The molecule has 0 amide bonds. The zero-order valence-electron chi connectivity index (χ0n) is 12.2. The molecule has 0 unspecified atom stereocenters. The van der Waals surface area contributed by atoms with E-state index in [0.29, 0.717) is 6.54 Å². The van der Waals surface area contributed by atoms with E-state index in [-0.39, 0.29) is 0 Å². The molecule has 1 aromatic carbocycles. The van der Waals surface area contributed by atoms with Crippen molar-refractivity contribution in [3.8, 4) is 5.75 Å². The molecule has 1 heterocycles. The highest BCUT2D eigenvalue weighted by molar-refractivity contribution is 9.10. The Hall–Kier alpha value is -1.23. The molecule has 20 heavy (non-hydrogen) atoms. The van der Waals surface area contributed by atoms with Crippen LogP contribution >= 0.6 is 15.9 Å². The van der Waals surface area contributed by atoms with E-state index in [4.69, 9.17) is 9.73 Å². The summed E-state index contributed by atoms with van der Waals surface area (Å²) in [5.41, 5.74) is 1.17. The molecule has 4 nitrogen and oxygen atoms in total. The SMILES string of the molecule is CCNC(=NCc1ccc(OC)c(Br)c1)N1CCCC1. The molecule has 0 aliphatic carbocycles. The summed E-state index contributed by atoms with van der Waals surface area (Å²) < 4.78 is 6.21.